The molecule has 0 atom stereocenters. The van der Waals surface area contributed by atoms with Crippen molar-refractivity contribution in [3.05, 3.63) is 12.2 Å². The molecule has 0 radical (unpaired) electrons. The Hall–Kier alpha value is -1.32. The van der Waals surface area contributed by atoms with Crippen molar-refractivity contribution in [2.24, 2.45) is 0 Å². The molecular formula is C10H17NO3. The van der Waals surface area contributed by atoms with Crippen molar-refractivity contribution in [2.75, 3.05) is 13.2 Å². The van der Waals surface area contributed by atoms with Crippen molar-refractivity contribution in [3.8, 4) is 0 Å². The van der Waals surface area contributed by atoms with E-state index in [-0.39, 0.29) is 12.5 Å². The van der Waals surface area contributed by atoms with Gasteiger partial charge in [0.15, 0.2) is 6.61 Å². The van der Waals surface area contributed by atoms with E-state index in [1.54, 1.807) is 0 Å². The summed E-state index contributed by atoms with van der Waals surface area (Å²) in [5, 5.41) is 2.63. The predicted molar refractivity (Wildman–Crippen MR) is 53.7 cm³/mol. The monoisotopic (exact) mass is 199 g/mol. The Morgan fingerprint density at radius 3 is 2.57 bits per heavy atom. The van der Waals surface area contributed by atoms with E-state index >= 15 is 0 Å². The summed E-state index contributed by atoms with van der Waals surface area (Å²) in [6, 6.07) is 0. The average molecular weight is 199 g/mol. The number of amides is 1. The van der Waals surface area contributed by atoms with Crippen LogP contribution in [0.1, 0.15) is 26.7 Å². The van der Waals surface area contributed by atoms with Crippen LogP contribution in [0.3, 0.4) is 0 Å². The molecule has 0 spiro atoms. The molecule has 0 bridgehead atoms. The first-order valence-electron chi connectivity index (χ1n) is 4.67. The van der Waals surface area contributed by atoms with Crippen molar-refractivity contribution in [2.45, 2.75) is 26.7 Å². The first-order valence-corrected chi connectivity index (χ1v) is 4.67. The van der Waals surface area contributed by atoms with Gasteiger partial charge < -0.3 is 10.1 Å². The highest BCUT2D eigenvalue weighted by atomic mass is 16.5. The van der Waals surface area contributed by atoms with Gasteiger partial charge in [-0.15, -0.1) is 0 Å². The number of unbranched alkanes of at least 4 members (excludes halogenated alkanes) is 1. The molecule has 0 rings (SSSR count). The van der Waals surface area contributed by atoms with Crippen LogP contribution in [0.4, 0.5) is 0 Å². The minimum atomic E-state index is -0.532. The Balaban J connectivity index is 3.54. The lowest BCUT2D eigenvalue weighted by molar-refractivity contribution is -0.144. The fraction of sp³-hybridized carbons (Fsp3) is 0.600. The van der Waals surface area contributed by atoms with Gasteiger partial charge in [0.05, 0.1) is 0 Å². The number of nitrogens with one attached hydrogen (secondary N) is 1. The lowest BCUT2D eigenvalue weighted by Gasteiger charge is -2.05. The van der Waals surface area contributed by atoms with Gasteiger partial charge in [-0.25, -0.2) is 4.79 Å². The largest absolute Gasteiger partial charge is 0.452 e. The van der Waals surface area contributed by atoms with Crippen molar-refractivity contribution in [1.29, 1.82) is 0 Å². The second-order valence-corrected chi connectivity index (χ2v) is 3.06. The number of esters is 1. The maximum Gasteiger partial charge on any atom is 0.333 e. The molecule has 0 aliphatic heterocycles. The third kappa shape index (κ3) is 6.22. The summed E-state index contributed by atoms with van der Waals surface area (Å²) in [6.45, 7) is 7.37. The van der Waals surface area contributed by atoms with Crippen molar-refractivity contribution in [1.82, 2.24) is 5.32 Å². The lowest BCUT2D eigenvalue weighted by atomic mass is 10.3. The van der Waals surface area contributed by atoms with Crippen LogP contribution in [0, 0.1) is 0 Å². The maximum absolute atomic E-state index is 11.0. The molecule has 4 nitrogen and oxygen atoms in total. The highest BCUT2D eigenvalue weighted by Gasteiger charge is 2.06. The van der Waals surface area contributed by atoms with Crippen molar-refractivity contribution in [3.63, 3.8) is 0 Å². The molecule has 0 aliphatic carbocycles. The van der Waals surface area contributed by atoms with Gasteiger partial charge >= 0.3 is 5.97 Å². The summed E-state index contributed by atoms with van der Waals surface area (Å²) in [7, 11) is 0. The summed E-state index contributed by atoms with van der Waals surface area (Å²) in [4.78, 5) is 21.9. The molecule has 0 unspecified atom stereocenters. The summed E-state index contributed by atoms with van der Waals surface area (Å²) in [6.07, 6.45) is 1.95. The van der Waals surface area contributed by atoms with Gasteiger partial charge in [-0.2, -0.15) is 0 Å². The van der Waals surface area contributed by atoms with Crippen LogP contribution in [0.2, 0.25) is 0 Å². The van der Waals surface area contributed by atoms with E-state index in [1.165, 1.54) is 6.92 Å². The zero-order valence-corrected chi connectivity index (χ0v) is 8.76. The number of carbonyl (C=O) groups excluding carboxylic acids is 2. The second-order valence-electron chi connectivity index (χ2n) is 3.06. The molecule has 0 saturated heterocycles. The van der Waals surface area contributed by atoms with E-state index in [0.717, 1.165) is 12.8 Å². The highest BCUT2D eigenvalue weighted by molar-refractivity contribution is 5.89. The van der Waals surface area contributed by atoms with Crippen molar-refractivity contribution >= 4 is 11.9 Å². The molecule has 80 valence electrons. The van der Waals surface area contributed by atoms with Crippen LogP contribution in [0.15, 0.2) is 12.2 Å². The van der Waals surface area contributed by atoms with E-state index in [4.69, 9.17) is 0 Å². The molecule has 0 aromatic rings. The van der Waals surface area contributed by atoms with Gasteiger partial charge in [-0.05, 0) is 13.3 Å². The van der Waals surface area contributed by atoms with Gasteiger partial charge in [-0.3, -0.25) is 4.79 Å². The number of hydrogen-bond donors (Lipinski definition) is 1. The summed E-state index contributed by atoms with van der Waals surface area (Å²) in [5.41, 5.74) is 0.298. The number of hydrogen-bond acceptors (Lipinski definition) is 3. The first-order chi connectivity index (χ1) is 6.57. The van der Waals surface area contributed by atoms with E-state index in [2.05, 4.69) is 16.6 Å². The normalized spacial score (nSPS) is 9.29. The number of rotatable bonds is 6. The molecule has 1 amide bonds. The Bertz CT molecular complexity index is 223. The first kappa shape index (κ1) is 12.7. The summed E-state index contributed by atoms with van der Waals surface area (Å²) < 4.78 is 4.65. The number of ether oxygens (including phenoxy) is 1. The van der Waals surface area contributed by atoms with Crippen LogP contribution in [-0.4, -0.2) is 25.0 Å². The van der Waals surface area contributed by atoms with Gasteiger partial charge in [0.2, 0.25) is 0 Å². The SMILES string of the molecule is C=C(C)C(=O)OCC(=O)NCCCC. The zero-order chi connectivity index (χ0) is 11.0. The fourth-order valence-corrected chi connectivity index (χ4v) is 0.710. The van der Waals surface area contributed by atoms with Crippen LogP contribution in [0.5, 0.6) is 0 Å². The van der Waals surface area contributed by atoms with Crippen LogP contribution >= 0.6 is 0 Å². The maximum atomic E-state index is 11.0. The molecule has 0 aliphatic rings. The van der Waals surface area contributed by atoms with E-state index in [0.29, 0.717) is 12.1 Å². The predicted octanol–water partition coefficient (Wildman–Crippen LogP) is 1.02. The molecule has 0 heterocycles. The van der Waals surface area contributed by atoms with E-state index < -0.39 is 5.97 Å². The number of carbonyl (C=O) groups is 2. The van der Waals surface area contributed by atoms with Gasteiger partial charge in [0, 0.05) is 12.1 Å². The van der Waals surface area contributed by atoms with E-state index in [1.807, 2.05) is 6.92 Å². The molecule has 14 heavy (non-hydrogen) atoms. The quantitative estimate of drug-likeness (QED) is 0.395. The molecule has 1 N–H and O–H groups in total. The minimum absolute atomic E-state index is 0.227. The fourth-order valence-electron chi connectivity index (χ4n) is 0.710. The van der Waals surface area contributed by atoms with Crippen LogP contribution in [-0.2, 0) is 14.3 Å². The van der Waals surface area contributed by atoms with Crippen LogP contribution < -0.4 is 5.32 Å². The second kappa shape index (κ2) is 7.12. The molecule has 0 fully saturated rings. The Labute approximate surface area is 84.3 Å². The standard InChI is InChI=1S/C10H17NO3/c1-4-5-6-11-9(12)7-14-10(13)8(2)3/h2,4-7H2,1,3H3,(H,11,12). The highest BCUT2D eigenvalue weighted by Crippen LogP contribution is 1.91. The lowest BCUT2D eigenvalue weighted by Crippen LogP contribution is -2.29. The third-order valence-corrected chi connectivity index (χ3v) is 1.54. The Morgan fingerprint density at radius 1 is 1.43 bits per heavy atom. The topological polar surface area (TPSA) is 55.4 Å². The molecule has 0 aromatic heterocycles. The molecular weight excluding hydrogens is 182 g/mol. The van der Waals surface area contributed by atoms with Gasteiger partial charge in [-0.1, -0.05) is 19.9 Å². The summed E-state index contributed by atoms with van der Waals surface area (Å²) >= 11 is 0. The minimum Gasteiger partial charge on any atom is -0.452 e. The average Bonchev–Trinajstić information content (AvgIpc) is 2.14. The smallest absolute Gasteiger partial charge is 0.333 e. The van der Waals surface area contributed by atoms with Crippen LogP contribution in [0.25, 0.3) is 0 Å². The molecule has 4 heteroatoms. The zero-order valence-electron chi connectivity index (χ0n) is 8.76. The summed E-state index contributed by atoms with van der Waals surface area (Å²) in [5.74, 6) is -0.802. The van der Waals surface area contributed by atoms with Gasteiger partial charge in [0.25, 0.3) is 5.91 Å². The molecule has 0 aromatic carbocycles. The Kier molecular flexibility index (Phi) is 6.45. The third-order valence-electron chi connectivity index (χ3n) is 1.54. The molecule has 0 saturated carbocycles. The van der Waals surface area contributed by atoms with Crippen molar-refractivity contribution < 1.29 is 14.3 Å². The Morgan fingerprint density at radius 2 is 2.07 bits per heavy atom. The van der Waals surface area contributed by atoms with Gasteiger partial charge in [0.1, 0.15) is 0 Å². The van der Waals surface area contributed by atoms with E-state index in [9.17, 15) is 9.59 Å².